The van der Waals surface area contributed by atoms with Gasteiger partial charge in [-0.05, 0) is 61.1 Å². The lowest BCUT2D eigenvalue weighted by Gasteiger charge is -2.35. The van der Waals surface area contributed by atoms with Gasteiger partial charge in [0.2, 0.25) is 11.8 Å². The van der Waals surface area contributed by atoms with Gasteiger partial charge in [-0.25, -0.2) is 4.98 Å². The van der Waals surface area contributed by atoms with Gasteiger partial charge in [-0.3, -0.25) is 24.1 Å². The van der Waals surface area contributed by atoms with Crippen LogP contribution in [0, 0.1) is 17.8 Å². The van der Waals surface area contributed by atoms with Gasteiger partial charge < -0.3 is 20.3 Å². The molecular weight excluding hydrogens is 574 g/mol. The summed E-state index contributed by atoms with van der Waals surface area (Å²) in [4.78, 5) is 60.1. The van der Waals surface area contributed by atoms with Crippen molar-refractivity contribution in [1.82, 2.24) is 14.8 Å². The number of fused-ring (bicyclic) bond motifs is 1. The Hall–Kier alpha value is -4.01. The highest BCUT2D eigenvalue weighted by molar-refractivity contribution is 6.76. The van der Waals surface area contributed by atoms with E-state index in [-0.39, 0.29) is 30.9 Å². The zero-order chi connectivity index (χ0) is 31.4. The van der Waals surface area contributed by atoms with Crippen molar-refractivity contribution in [3.63, 3.8) is 0 Å². The predicted molar refractivity (Wildman–Crippen MR) is 169 cm³/mol. The molecular formula is C33H41N5O5Si. The Bertz CT molecular complexity index is 1480. The first-order valence-corrected chi connectivity index (χ1v) is 19.1. The van der Waals surface area contributed by atoms with Crippen molar-refractivity contribution in [2.24, 2.45) is 11.7 Å². The normalized spacial score (nSPS) is 19.2. The second-order valence-electron chi connectivity index (χ2n) is 13.0. The van der Waals surface area contributed by atoms with Gasteiger partial charge in [-0.2, -0.15) is 0 Å². The van der Waals surface area contributed by atoms with Crippen LogP contribution in [-0.4, -0.2) is 79.0 Å². The molecule has 44 heavy (non-hydrogen) atoms. The number of ether oxygens (including phenoxy) is 1. The van der Waals surface area contributed by atoms with Crippen LogP contribution < -0.4 is 10.6 Å². The summed E-state index contributed by atoms with van der Waals surface area (Å²) in [6.45, 7) is 9.20. The van der Waals surface area contributed by atoms with Crippen LogP contribution in [0.3, 0.4) is 0 Å². The summed E-state index contributed by atoms with van der Waals surface area (Å²) < 4.78 is 5.72. The molecule has 10 nitrogen and oxygen atoms in total. The number of piperidine rings is 2. The van der Waals surface area contributed by atoms with Crippen LogP contribution >= 0.6 is 0 Å². The minimum Gasteiger partial charge on any atom is -0.366 e. The van der Waals surface area contributed by atoms with Gasteiger partial charge in [0, 0.05) is 64.5 Å². The number of pyridine rings is 1. The molecule has 2 N–H and O–H groups in total. The van der Waals surface area contributed by atoms with E-state index in [4.69, 9.17) is 10.5 Å². The van der Waals surface area contributed by atoms with Gasteiger partial charge in [0.15, 0.2) is 0 Å². The van der Waals surface area contributed by atoms with E-state index in [9.17, 15) is 19.2 Å². The Morgan fingerprint density at radius 2 is 1.86 bits per heavy atom. The van der Waals surface area contributed by atoms with Gasteiger partial charge >= 0.3 is 0 Å². The number of likely N-dealkylation sites (tertiary alicyclic amines) is 1. The van der Waals surface area contributed by atoms with Crippen molar-refractivity contribution in [1.29, 1.82) is 0 Å². The minimum atomic E-state index is -1.30. The molecule has 1 aromatic carbocycles. The number of imide groups is 1. The molecule has 232 valence electrons. The largest absolute Gasteiger partial charge is 0.366 e. The molecule has 0 aliphatic carbocycles. The second kappa shape index (κ2) is 13.3. The molecule has 11 heteroatoms. The molecule has 3 aliphatic heterocycles. The average Bonchev–Trinajstić information content (AvgIpc) is 3.33. The second-order valence-corrected chi connectivity index (χ2v) is 18.7. The fourth-order valence-electron chi connectivity index (χ4n) is 5.88. The molecule has 1 atom stereocenters. The smallest absolute Gasteiger partial charge is 0.255 e. The molecule has 2 saturated heterocycles. The number of nitrogens with zero attached hydrogens (tertiary/aromatic N) is 4. The van der Waals surface area contributed by atoms with Crippen molar-refractivity contribution in [3.8, 4) is 11.8 Å². The number of carbonyl (C=O) groups excluding carboxylic acids is 4. The number of aromatic nitrogens is 1. The first-order chi connectivity index (χ1) is 21.0. The quantitative estimate of drug-likeness (QED) is 0.198. The van der Waals surface area contributed by atoms with Gasteiger partial charge in [0.1, 0.15) is 18.6 Å². The summed E-state index contributed by atoms with van der Waals surface area (Å²) in [6.07, 6.45) is 4.74. The van der Waals surface area contributed by atoms with Crippen molar-refractivity contribution in [3.05, 3.63) is 58.8 Å². The van der Waals surface area contributed by atoms with Crippen LogP contribution in [0.1, 0.15) is 63.9 Å². The summed E-state index contributed by atoms with van der Waals surface area (Å²) in [5, 5.41) is 0. The molecule has 0 radical (unpaired) electrons. The number of hydrogen-bond acceptors (Lipinski definition) is 7. The van der Waals surface area contributed by atoms with E-state index < -0.39 is 20.0 Å². The van der Waals surface area contributed by atoms with E-state index in [1.54, 1.807) is 17.0 Å². The predicted octanol–water partition coefficient (Wildman–Crippen LogP) is 3.62. The fourth-order valence-corrected chi connectivity index (χ4v) is 6.64. The third-order valence-corrected chi connectivity index (χ3v) is 10.4. The van der Waals surface area contributed by atoms with Crippen molar-refractivity contribution < 1.29 is 23.9 Å². The summed E-state index contributed by atoms with van der Waals surface area (Å²) >= 11 is 0. The molecule has 2 aromatic rings. The monoisotopic (exact) mass is 615 g/mol. The maximum absolute atomic E-state index is 13.4. The molecule has 1 unspecified atom stereocenters. The van der Waals surface area contributed by atoms with Crippen LogP contribution in [0.25, 0.3) is 0 Å². The molecule has 5 rings (SSSR count). The zero-order valence-corrected chi connectivity index (χ0v) is 26.8. The Morgan fingerprint density at radius 1 is 1.09 bits per heavy atom. The summed E-state index contributed by atoms with van der Waals surface area (Å²) in [7, 11) is -1.30. The number of anilines is 1. The summed E-state index contributed by atoms with van der Waals surface area (Å²) in [5.41, 5.74) is 7.93. The molecule has 3 aliphatic rings. The maximum atomic E-state index is 13.4. The molecule has 4 heterocycles. The Labute approximate surface area is 259 Å². The third kappa shape index (κ3) is 7.19. The first kappa shape index (κ1) is 31.4. The topological polar surface area (TPSA) is 126 Å². The number of benzene rings is 1. The van der Waals surface area contributed by atoms with E-state index >= 15 is 0 Å². The van der Waals surface area contributed by atoms with E-state index in [0.717, 1.165) is 55.3 Å². The Balaban J connectivity index is 1.17. The van der Waals surface area contributed by atoms with Crippen LogP contribution in [0.2, 0.25) is 25.7 Å². The van der Waals surface area contributed by atoms with Gasteiger partial charge in [0.05, 0.1) is 5.56 Å². The van der Waals surface area contributed by atoms with Crippen LogP contribution in [0.5, 0.6) is 0 Å². The number of hydrogen-bond donors (Lipinski definition) is 1. The minimum absolute atomic E-state index is 0.0681. The number of nitrogens with two attached hydrogens (primary N) is 1. The third-order valence-electron chi connectivity index (χ3n) is 8.66. The van der Waals surface area contributed by atoms with Gasteiger partial charge in [-0.15, -0.1) is 0 Å². The van der Waals surface area contributed by atoms with E-state index in [1.165, 1.54) is 11.1 Å². The number of rotatable bonds is 9. The number of primary amides is 1. The van der Waals surface area contributed by atoms with E-state index in [2.05, 4.69) is 41.4 Å². The molecule has 1 aromatic heterocycles. The van der Waals surface area contributed by atoms with Crippen LogP contribution in [0.15, 0.2) is 36.5 Å². The zero-order valence-electron chi connectivity index (χ0n) is 25.8. The highest BCUT2D eigenvalue weighted by atomic mass is 28.3. The van der Waals surface area contributed by atoms with Gasteiger partial charge in [-0.1, -0.05) is 37.5 Å². The number of carbonyl (C=O) groups is 4. The Kier molecular flexibility index (Phi) is 9.51. The highest BCUT2D eigenvalue weighted by Crippen LogP contribution is 2.31. The molecule has 2 fully saturated rings. The summed E-state index contributed by atoms with van der Waals surface area (Å²) in [6, 6.07) is 9.35. The van der Waals surface area contributed by atoms with Crippen LogP contribution in [-0.2, 0) is 20.9 Å². The SMILES string of the molecule is C[Si](C)(C)CCOCN1C(=O)CCC(N2Cc3c(C#CCC4CCN(c5ccc(C(N)=O)cn5)CC4)cccc3C2=O)C1=O. The lowest BCUT2D eigenvalue weighted by atomic mass is 9.93. The maximum Gasteiger partial charge on any atom is 0.255 e. The standard InChI is InChI=1S/C33H41N5O5Si/c1-44(2,3)19-18-43-22-38-30(39)13-11-28(33(38)42)37-21-27-24(8-5-9-26(27)32(37)41)7-4-6-23-14-16-36(17-15-23)29-12-10-25(20-35-29)31(34)40/h5,8-10,12,20,23,28H,6,11,13-19,21-22H2,1-3H3,(H2,34,40). The Morgan fingerprint density at radius 3 is 2.55 bits per heavy atom. The van der Waals surface area contributed by atoms with E-state index in [0.29, 0.717) is 36.6 Å². The summed E-state index contributed by atoms with van der Waals surface area (Å²) in [5.74, 6) is 6.65. The average molecular weight is 616 g/mol. The molecule has 0 saturated carbocycles. The molecule has 4 amide bonds. The van der Waals surface area contributed by atoms with Crippen molar-refractivity contribution in [2.75, 3.05) is 31.3 Å². The fraction of sp³-hybridized carbons (Fsp3) is 0.485. The highest BCUT2D eigenvalue weighted by Gasteiger charge is 2.43. The number of amides is 4. The van der Waals surface area contributed by atoms with Gasteiger partial charge in [0.25, 0.3) is 11.8 Å². The molecule has 0 bridgehead atoms. The molecule has 0 spiro atoms. The van der Waals surface area contributed by atoms with E-state index in [1.807, 2.05) is 18.2 Å². The van der Waals surface area contributed by atoms with Crippen molar-refractivity contribution >= 4 is 37.5 Å². The van der Waals surface area contributed by atoms with Crippen LogP contribution in [0.4, 0.5) is 5.82 Å². The van der Waals surface area contributed by atoms with Crippen molar-refractivity contribution in [2.45, 2.75) is 70.4 Å². The lowest BCUT2D eigenvalue weighted by molar-refractivity contribution is -0.158. The first-order valence-electron chi connectivity index (χ1n) is 15.4. The lowest BCUT2D eigenvalue weighted by Crippen LogP contribution is -2.55.